The fourth-order valence-electron chi connectivity index (χ4n) is 3.71. The number of fused-ring (bicyclic) bond motifs is 1. The first kappa shape index (κ1) is 19.3. The summed E-state index contributed by atoms with van der Waals surface area (Å²) in [6, 6.07) is 3.92. The molecule has 4 N–H and O–H groups in total. The Bertz CT molecular complexity index is 669. The lowest BCUT2D eigenvalue weighted by Gasteiger charge is -2.45. The minimum absolute atomic E-state index is 0.0154. The van der Waals surface area contributed by atoms with E-state index in [0.29, 0.717) is 29.5 Å². The van der Waals surface area contributed by atoms with Crippen molar-refractivity contribution in [3.05, 3.63) is 22.7 Å². The summed E-state index contributed by atoms with van der Waals surface area (Å²) in [6.07, 6.45) is 5.03. The van der Waals surface area contributed by atoms with E-state index in [0.717, 1.165) is 37.6 Å². The number of carboxylic acids is 1. The number of aliphatic carboxylic acids is 1. The number of benzene rings is 1. The van der Waals surface area contributed by atoms with Gasteiger partial charge in [-0.25, -0.2) is 0 Å². The Hall–Kier alpha value is -1.44. The average molecular weight is 381 g/mol. The summed E-state index contributed by atoms with van der Waals surface area (Å²) in [6.45, 7) is 0.825. The van der Waals surface area contributed by atoms with Crippen molar-refractivity contribution in [2.75, 3.05) is 6.79 Å². The molecule has 1 aromatic carbocycles. The van der Waals surface area contributed by atoms with Gasteiger partial charge >= 0.3 is 5.97 Å². The number of nitrogens with one attached hydrogen (secondary N) is 1. The van der Waals surface area contributed by atoms with Crippen LogP contribution in [0.2, 0.25) is 11.3 Å². The van der Waals surface area contributed by atoms with Crippen molar-refractivity contribution in [2.45, 2.75) is 56.5 Å². The highest BCUT2D eigenvalue weighted by atomic mass is 35.5. The van der Waals surface area contributed by atoms with Gasteiger partial charge in [0.1, 0.15) is 13.4 Å². The van der Waals surface area contributed by atoms with Gasteiger partial charge in [-0.05, 0) is 36.8 Å². The fourth-order valence-corrected chi connectivity index (χ4v) is 3.93. The van der Waals surface area contributed by atoms with Crippen LogP contribution in [-0.4, -0.2) is 37.3 Å². The monoisotopic (exact) mass is 380 g/mol. The summed E-state index contributed by atoms with van der Waals surface area (Å²) < 4.78 is 10.7. The Morgan fingerprint density at radius 1 is 1.35 bits per heavy atom. The summed E-state index contributed by atoms with van der Waals surface area (Å²) in [5, 5.41) is 13.7. The molecular weight excluding hydrogens is 354 g/mol. The number of carbonyl (C=O) groups is 1. The van der Waals surface area contributed by atoms with Gasteiger partial charge in [0.05, 0.1) is 0 Å². The maximum Gasteiger partial charge on any atom is 0.323 e. The molecule has 1 heterocycles. The van der Waals surface area contributed by atoms with E-state index in [4.69, 9.17) is 26.8 Å². The van der Waals surface area contributed by atoms with Crippen LogP contribution < -0.4 is 20.5 Å². The molecule has 0 aromatic heterocycles. The van der Waals surface area contributed by atoms with Crippen LogP contribution >= 0.6 is 11.6 Å². The zero-order chi connectivity index (χ0) is 18.7. The van der Waals surface area contributed by atoms with E-state index in [-0.39, 0.29) is 18.8 Å². The molecule has 0 bridgehead atoms. The maximum absolute atomic E-state index is 11.7. The third-order valence-corrected chi connectivity index (χ3v) is 5.93. The molecule has 1 unspecified atom stereocenters. The van der Waals surface area contributed by atoms with Crippen LogP contribution in [0.25, 0.3) is 0 Å². The molecular formula is C18H26BClN2O4. The van der Waals surface area contributed by atoms with Crippen LogP contribution in [0.3, 0.4) is 0 Å². The first-order valence-electron chi connectivity index (χ1n) is 9.27. The quantitative estimate of drug-likeness (QED) is 0.448. The highest BCUT2D eigenvalue weighted by Crippen LogP contribution is 2.40. The van der Waals surface area contributed by atoms with E-state index >= 15 is 0 Å². The van der Waals surface area contributed by atoms with E-state index in [9.17, 15) is 9.90 Å². The number of carboxylic acid groups (broad SMARTS) is 1. The maximum atomic E-state index is 11.7. The number of hydrogen-bond acceptors (Lipinski definition) is 5. The van der Waals surface area contributed by atoms with Crippen LogP contribution in [0.1, 0.15) is 37.7 Å². The third-order valence-electron chi connectivity index (χ3n) is 5.58. The summed E-state index contributed by atoms with van der Waals surface area (Å²) >= 11 is 6.29. The Morgan fingerprint density at radius 3 is 2.69 bits per heavy atom. The summed E-state index contributed by atoms with van der Waals surface area (Å²) in [7, 11) is 2.10. The molecule has 0 radical (unpaired) electrons. The Morgan fingerprint density at radius 2 is 2.04 bits per heavy atom. The molecule has 0 saturated heterocycles. The molecule has 1 aromatic rings. The second-order valence-corrected chi connectivity index (χ2v) is 7.75. The number of nitrogens with two attached hydrogens (primary N) is 1. The first-order valence-corrected chi connectivity index (χ1v) is 9.65. The number of ether oxygens (including phenoxy) is 2. The number of hydrogen-bond donors (Lipinski definition) is 3. The van der Waals surface area contributed by atoms with Gasteiger partial charge in [-0.3, -0.25) is 4.79 Å². The Kier molecular flexibility index (Phi) is 6.00. The van der Waals surface area contributed by atoms with Gasteiger partial charge in [0, 0.05) is 23.7 Å². The van der Waals surface area contributed by atoms with Crippen molar-refractivity contribution in [3.63, 3.8) is 0 Å². The van der Waals surface area contributed by atoms with Gasteiger partial charge in [-0.2, -0.15) is 0 Å². The van der Waals surface area contributed by atoms with Crippen molar-refractivity contribution in [1.82, 2.24) is 5.32 Å². The van der Waals surface area contributed by atoms with E-state index in [1.165, 1.54) is 0 Å². The molecule has 1 aliphatic carbocycles. The minimum Gasteiger partial charge on any atom is -0.480 e. The lowest BCUT2D eigenvalue weighted by Crippen LogP contribution is -2.61. The molecule has 26 heavy (non-hydrogen) atoms. The molecule has 1 saturated carbocycles. The van der Waals surface area contributed by atoms with Crippen LogP contribution in [-0.2, 0) is 11.3 Å². The number of halogens is 1. The van der Waals surface area contributed by atoms with E-state index < -0.39 is 11.5 Å². The highest BCUT2D eigenvalue weighted by molar-refractivity contribution is 6.31. The molecule has 3 rings (SSSR count). The number of unbranched alkanes of at least 4 members (excludes halogenated alkanes) is 1. The molecule has 1 aliphatic heterocycles. The number of rotatable bonds is 9. The largest absolute Gasteiger partial charge is 0.480 e. The summed E-state index contributed by atoms with van der Waals surface area (Å²) in [4.78, 5) is 11.7. The standard InChI is InChI=1S/C18H26BClN2O4/c19-4-2-1-3-18(21,17(23)24)12-6-13(7-12)22-9-11-5-15-16(8-14(11)20)26-10-25-15/h5,8,12-13,22H,1-4,6-7,9-10,19,21H2,(H,23,24)/t12-,13+,18?. The van der Waals surface area contributed by atoms with Crippen molar-refractivity contribution < 1.29 is 19.4 Å². The highest BCUT2D eigenvalue weighted by Gasteiger charge is 2.47. The molecule has 0 amide bonds. The summed E-state index contributed by atoms with van der Waals surface area (Å²) in [5.74, 6) is 0.516. The van der Waals surface area contributed by atoms with Crippen molar-refractivity contribution in [3.8, 4) is 11.5 Å². The van der Waals surface area contributed by atoms with Crippen LogP contribution in [0.4, 0.5) is 0 Å². The van der Waals surface area contributed by atoms with Gasteiger partial charge in [-0.1, -0.05) is 30.8 Å². The lowest BCUT2D eigenvalue weighted by atomic mass is 9.66. The first-order chi connectivity index (χ1) is 12.4. The third kappa shape index (κ3) is 3.95. The Labute approximate surface area is 159 Å². The molecule has 142 valence electrons. The predicted molar refractivity (Wildman–Crippen MR) is 103 cm³/mol. The molecule has 8 heteroatoms. The van der Waals surface area contributed by atoms with Crippen molar-refractivity contribution >= 4 is 25.4 Å². The summed E-state index contributed by atoms with van der Waals surface area (Å²) in [5.41, 5.74) is 6.10. The molecule has 6 nitrogen and oxygen atoms in total. The van der Waals surface area contributed by atoms with Gasteiger partial charge < -0.3 is 25.6 Å². The van der Waals surface area contributed by atoms with Crippen LogP contribution in [0, 0.1) is 5.92 Å². The van der Waals surface area contributed by atoms with Crippen molar-refractivity contribution in [1.29, 1.82) is 0 Å². The second-order valence-electron chi connectivity index (χ2n) is 7.35. The van der Waals surface area contributed by atoms with E-state index in [1.54, 1.807) is 6.07 Å². The molecule has 2 aliphatic rings. The van der Waals surface area contributed by atoms with Crippen molar-refractivity contribution in [2.24, 2.45) is 11.7 Å². The van der Waals surface area contributed by atoms with Crippen LogP contribution in [0.5, 0.6) is 11.5 Å². The zero-order valence-corrected chi connectivity index (χ0v) is 15.8. The molecule has 1 atom stereocenters. The zero-order valence-electron chi connectivity index (χ0n) is 15.1. The molecule has 0 spiro atoms. The van der Waals surface area contributed by atoms with Crippen LogP contribution in [0.15, 0.2) is 12.1 Å². The average Bonchev–Trinajstić information content (AvgIpc) is 3.00. The van der Waals surface area contributed by atoms with Gasteiger partial charge in [0.15, 0.2) is 11.5 Å². The lowest BCUT2D eigenvalue weighted by molar-refractivity contribution is -0.148. The topological polar surface area (TPSA) is 93.8 Å². The second kappa shape index (κ2) is 8.07. The van der Waals surface area contributed by atoms with Gasteiger partial charge in [0.25, 0.3) is 0 Å². The van der Waals surface area contributed by atoms with E-state index in [1.807, 2.05) is 6.07 Å². The predicted octanol–water partition coefficient (Wildman–Crippen LogP) is 1.94. The smallest absolute Gasteiger partial charge is 0.323 e. The normalized spacial score (nSPS) is 23.3. The molecule has 1 fully saturated rings. The fraction of sp³-hybridized carbons (Fsp3) is 0.611. The van der Waals surface area contributed by atoms with Gasteiger partial charge in [0.2, 0.25) is 6.79 Å². The Balaban J connectivity index is 1.51. The minimum atomic E-state index is -1.11. The van der Waals surface area contributed by atoms with Gasteiger partial charge in [-0.15, -0.1) is 0 Å². The SMILES string of the molecule is BCCCCC(N)(C(=O)O)[C@H]1C[C@@H](NCc2cc3c(cc2Cl)OCO3)C1. The van der Waals surface area contributed by atoms with E-state index in [2.05, 4.69) is 13.2 Å².